The van der Waals surface area contributed by atoms with E-state index in [1.165, 1.54) is 6.92 Å². The van der Waals surface area contributed by atoms with Crippen LogP contribution in [0.4, 0.5) is 0 Å². The van der Waals surface area contributed by atoms with Crippen LogP contribution in [-0.4, -0.2) is 20.5 Å². The Morgan fingerprint density at radius 2 is 0.852 bits per heavy atom. The van der Waals surface area contributed by atoms with E-state index < -0.39 is 29.7 Å². The van der Waals surface area contributed by atoms with E-state index in [9.17, 15) is 14.2 Å². The summed E-state index contributed by atoms with van der Waals surface area (Å²) in [6.45, 7) is 12.6. The van der Waals surface area contributed by atoms with Crippen molar-refractivity contribution < 1.29 is 14.2 Å². The zero-order chi connectivity index (χ0) is 20.7. The van der Waals surface area contributed by atoms with Crippen molar-refractivity contribution in [2.75, 3.05) is 0 Å². The molecule has 3 nitrogen and oxygen atoms in total. The zero-order valence-corrected chi connectivity index (χ0v) is 19.2. The molecule has 27 heavy (non-hydrogen) atoms. The van der Waals surface area contributed by atoms with Crippen molar-refractivity contribution in [1.29, 1.82) is 0 Å². The van der Waals surface area contributed by atoms with Crippen molar-refractivity contribution in [2.24, 2.45) is 0 Å². The fourth-order valence-corrected chi connectivity index (χ4v) is 14.3. The first-order chi connectivity index (χ1) is 12.2. The third-order valence-electron chi connectivity index (χ3n) is 5.32. The second-order valence-electron chi connectivity index (χ2n) is 9.20. The predicted molar refractivity (Wildman–Crippen MR) is 117 cm³/mol. The number of aliphatic hydroxyl groups is 1. The Balaban J connectivity index is 2.93. The van der Waals surface area contributed by atoms with E-state index in [1.807, 2.05) is 77.9 Å². The van der Waals surface area contributed by atoms with E-state index in [0.29, 0.717) is 10.6 Å². The largest absolute Gasteiger partial charge is 0.374 e. The molecule has 0 radical (unpaired) electrons. The average molecular weight is 406 g/mol. The molecular formula is C22H32O3P2. The second kappa shape index (κ2) is 7.03. The maximum Gasteiger partial charge on any atom is 0.175 e. The van der Waals surface area contributed by atoms with Gasteiger partial charge in [-0.25, -0.2) is 0 Å². The van der Waals surface area contributed by atoms with Crippen molar-refractivity contribution in [1.82, 2.24) is 0 Å². The summed E-state index contributed by atoms with van der Waals surface area (Å²) >= 11 is 0. The fourth-order valence-electron chi connectivity index (χ4n) is 4.01. The van der Waals surface area contributed by atoms with Gasteiger partial charge in [0.15, 0.2) is 19.4 Å². The standard InChI is InChI=1S/C22H32O3P2/c1-20(2,3)26(24,18-14-10-8-11-15-18)22(7,23)27(25,21(4,5)6)19-16-12-9-13-17-19/h8-17,23H,1-7H3. The highest BCUT2D eigenvalue weighted by molar-refractivity contribution is 7.90. The Morgan fingerprint density at radius 3 is 1.07 bits per heavy atom. The van der Waals surface area contributed by atoms with E-state index in [0.717, 1.165) is 0 Å². The Hall–Kier alpha value is -1.14. The molecule has 0 aliphatic heterocycles. The summed E-state index contributed by atoms with van der Waals surface area (Å²) in [5, 5.41) is 9.68. The molecule has 0 aromatic heterocycles. The molecule has 2 rings (SSSR count). The minimum atomic E-state index is -3.55. The summed E-state index contributed by atoms with van der Waals surface area (Å²) in [6.07, 6.45) is 0. The zero-order valence-electron chi connectivity index (χ0n) is 17.4. The third-order valence-corrected chi connectivity index (χ3v) is 15.2. The Kier molecular flexibility index (Phi) is 5.77. The van der Waals surface area contributed by atoms with Crippen LogP contribution < -0.4 is 10.6 Å². The van der Waals surface area contributed by atoms with Gasteiger partial charge in [-0.3, -0.25) is 0 Å². The minimum Gasteiger partial charge on any atom is -0.374 e. The van der Waals surface area contributed by atoms with Gasteiger partial charge in [-0.05, 0) is 6.92 Å². The molecule has 0 fully saturated rings. The summed E-state index contributed by atoms with van der Waals surface area (Å²) < 4.78 is 29.4. The Labute approximate surface area is 164 Å². The van der Waals surface area contributed by atoms with Crippen LogP contribution >= 0.6 is 14.3 Å². The molecule has 148 valence electrons. The summed E-state index contributed by atoms with van der Waals surface area (Å²) in [5.74, 6) is 0. The second-order valence-corrected chi connectivity index (χ2v) is 17.4. The topological polar surface area (TPSA) is 54.4 Å². The smallest absolute Gasteiger partial charge is 0.175 e. The molecule has 0 aliphatic carbocycles. The van der Waals surface area contributed by atoms with Crippen LogP contribution in [0.25, 0.3) is 0 Å². The first kappa shape index (κ1) is 22.2. The van der Waals surface area contributed by atoms with E-state index >= 15 is 0 Å². The van der Waals surface area contributed by atoms with Gasteiger partial charge in [-0.15, -0.1) is 0 Å². The maximum atomic E-state index is 14.7. The summed E-state index contributed by atoms with van der Waals surface area (Å²) in [5.41, 5.74) is 0. The molecule has 0 spiro atoms. The lowest BCUT2D eigenvalue weighted by Gasteiger charge is -2.49. The Morgan fingerprint density at radius 1 is 0.593 bits per heavy atom. The van der Waals surface area contributed by atoms with Gasteiger partial charge in [0.05, 0.1) is 0 Å². The van der Waals surface area contributed by atoms with E-state index in [4.69, 9.17) is 0 Å². The lowest BCUT2D eigenvalue weighted by Crippen LogP contribution is -2.45. The molecule has 2 atom stereocenters. The van der Waals surface area contributed by atoms with Crippen molar-refractivity contribution in [3.05, 3.63) is 60.7 Å². The number of benzene rings is 2. The van der Waals surface area contributed by atoms with Gasteiger partial charge < -0.3 is 14.2 Å². The molecule has 0 saturated heterocycles. The SMILES string of the molecule is CC(C)(C)P(=O)(c1ccccc1)C(C)(O)P(=O)(c1ccccc1)C(C)(C)C. The van der Waals surface area contributed by atoms with Crippen LogP contribution in [0.1, 0.15) is 48.5 Å². The van der Waals surface area contributed by atoms with Crippen molar-refractivity contribution >= 4 is 24.9 Å². The van der Waals surface area contributed by atoms with Crippen LogP contribution in [0.5, 0.6) is 0 Å². The van der Waals surface area contributed by atoms with Gasteiger partial charge in [-0.1, -0.05) is 102 Å². The Bertz CT molecular complexity index is 800. The van der Waals surface area contributed by atoms with Crippen molar-refractivity contribution in [2.45, 2.75) is 63.9 Å². The molecule has 5 heteroatoms. The van der Waals surface area contributed by atoms with Gasteiger partial charge in [0.25, 0.3) is 0 Å². The summed E-state index contributed by atoms with van der Waals surface area (Å²) in [7, 11) is -7.10. The number of rotatable bonds is 4. The van der Waals surface area contributed by atoms with Gasteiger partial charge in [0, 0.05) is 20.9 Å². The monoisotopic (exact) mass is 406 g/mol. The number of hydrogen-bond acceptors (Lipinski definition) is 3. The molecule has 1 N–H and O–H groups in total. The quantitative estimate of drug-likeness (QED) is 0.670. The summed E-state index contributed by atoms with van der Waals surface area (Å²) in [4.78, 5) is 0. The van der Waals surface area contributed by atoms with Crippen molar-refractivity contribution in [3.63, 3.8) is 0 Å². The molecule has 0 heterocycles. The molecule has 0 aliphatic rings. The van der Waals surface area contributed by atoms with Crippen LogP contribution in [0, 0.1) is 0 Å². The highest BCUT2D eigenvalue weighted by atomic mass is 31.2. The van der Waals surface area contributed by atoms with Crippen LogP contribution in [0.15, 0.2) is 60.7 Å². The molecule has 0 bridgehead atoms. The van der Waals surface area contributed by atoms with Gasteiger partial charge >= 0.3 is 0 Å². The molecule has 2 unspecified atom stereocenters. The highest BCUT2D eigenvalue weighted by Gasteiger charge is 2.64. The minimum absolute atomic E-state index is 0.558. The average Bonchev–Trinajstić information content (AvgIpc) is 2.59. The molecule has 2 aromatic rings. The first-order valence-electron chi connectivity index (χ1n) is 9.25. The summed E-state index contributed by atoms with van der Waals surface area (Å²) in [6, 6.07) is 18.1. The normalized spacial score (nSPS) is 19.6. The van der Waals surface area contributed by atoms with Crippen LogP contribution in [0.2, 0.25) is 0 Å². The third kappa shape index (κ3) is 3.29. The predicted octanol–water partition coefficient (Wildman–Crippen LogP) is 5.63. The molecule has 0 amide bonds. The lowest BCUT2D eigenvalue weighted by molar-refractivity contribution is 0.214. The van der Waals surface area contributed by atoms with Crippen LogP contribution in [0.3, 0.4) is 0 Å². The molecular weight excluding hydrogens is 374 g/mol. The van der Waals surface area contributed by atoms with E-state index in [2.05, 4.69) is 0 Å². The van der Waals surface area contributed by atoms with E-state index in [1.54, 1.807) is 24.3 Å². The van der Waals surface area contributed by atoms with Gasteiger partial charge in [0.2, 0.25) is 0 Å². The first-order valence-corrected chi connectivity index (χ1v) is 12.7. The molecule has 0 saturated carbocycles. The van der Waals surface area contributed by atoms with Crippen LogP contribution in [-0.2, 0) is 9.13 Å². The highest BCUT2D eigenvalue weighted by Crippen LogP contribution is 2.81. The molecule has 2 aromatic carbocycles. The van der Waals surface area contributed by atoms with E-state index in [-0.39, 0.29) is 0 Å². The fraction of sp³-hybridized carbons (Fsp3) is 0.455. The lowest BCUT2D eigenvalue weighted by atomic mass is 10.3. The number of hydrogen-bond donors (Lipinski definition) is 1. The van der Waals surface area contributed by atoms with Crippen molar-refractivity contribution in [3.8, 4) is 0 Å². The van der Waals surface area contributed by atoms with Gasteiger partial charge in [0.1, 0.15) is 0 Å². The maximum absolute atomic E-state index is 14.7. The van der Waals surface area contributed by atoms with Gasteiger partial charge in [-0.2, -0.15) is 0 Å².